The van der Waals surface area contributed by atoms with E-state index in [1.165, 1.54) is 11.1 Å². The monoisotopic (exact) mass is 227 g/mol. The number of aliphatic hydroxyl groups excluding tert-OH is 1. The quantitative estimate of drug-likeness (QED) is 0.829. The van der Waals surface area contributed by atoms with Crippen LogP contribution in [0.4, 0.5) is 0 Å². The highest BCUT2D eigenvalue weighted by molar-refractivity contribution is 5.85. The molecular weight excluding hydrogens is 210 g/mol. The molecule has 0 saturated heterocycles. The van der Waals surface area contributed by atoms with Crippen molar-refractivity contribution in [3.8, 4) is 0 Å². The summed E-state index contributed by atoms with van der Waals surface area (Å²) in [5, 5.41) is 8.87. The maximum atomic E-state index is 8.87. The molecule has 1 aromatic carbocycles. The van der Waals surface area contributed by atoms with Crippen LogP contribution in [0.15, 0.2) is 36.4 Å². The second-order valence-electron chi connectivity index (χ2n) is 3.33. The minimum absolute atomic E-state index is 0. The number of hydrogen-bond acceptors (Lipinski definition) is 2. The third-order valence-electron chi connectivity index (χ3n) is 2.21. The van der Waals surface area contributed by atoms with Crippen molar-refractivity contribution >= 4 is 18.0 Å². The van der Waals surface area contributed by atoms with Crippen molar-refractivity contribution in [2.24, 2.45) is 5.73 Å². The maximum absolute atomic E-state index is 8.87. The van der Waals surface area contributed by atoms with Crippen LogP contribution in [-0.4, -0.2) is 17.8 Å². The zero-order valence-corrected chi connectivity index (χ0v) is 9.70. The molecule has 1 aromatic rings. The molecule has 0 radical (unpaired) electrons. The summed E-state index contributed by atoms with van der Waals surface area (Å²) in [6.07, 6.45) is 2.77. The fourth-order valence-electron chi connectivity index (χ4n) is 1.40. The summed E-state index contributed by atoms with van der Waals surface area (Å²) in [6.45, 7) is 2.02. The Bertz CT molecular complexity index is 298. The first-order valence-corrected chi connectivity index (χ1v) is 4.85. The molecule has 2 nitrogen and oxygen atoms in total. The van der Waals surface area contributed by atoms with Crippen LogP contribution in [0, 0.1) is 0 Å². The SMILES string of the molecule is C/C=C(/CC(N)CO)c1ccccc1.Cl. The molecule has 0 aliphatic carbocycles. The molecule has 0 aliphatic heterocycles. The van der Waals surface area contributed by atoms with Gasteiger partial charge >= 0.3 is 0 Å². The molecule has 0 heterocycles. The summed E-state index contributed by atoms with van der Waals surface area (Å²) in [7, 11) is 0. The van der Waals surface area contributed by atoms with Crippen molar-refractivity contribution in [2.75, 3.05) is 6.61 Å². The lowest BCUT2D eigenvalue weighted by atomic mass is 9.99. The third kappa shape index (κ3) is 4.47. The van der Waals surface area contributed by atoms with E-state index in [9.17, 15) is 0 Å². The van der Waals surface area contributed by atoms with Gasteiger partial charge in [-0.2, -0.15) is 0 Å². The third-order valence-corrected chi connectivity index (χ3v) is 2.21. The van der Waals surface area contributed by atoms with Gasteiger partial charge in [0.15, 0.2) is 0 Å². The van der Waals surface area contributed by atoms with E-state index >= 15 is 0 Å². The Morgan fingerprint density at radius 1 is 1.40 bits per heavy atom. The van der Waals surface area contributed by atoms with Gasteiger partial charge in [0.2, 0.25) is 0 Å². The van der Waals surface area contributed by atoms with Gasteiger partial charge in [-0.05, 0) is 24.5 Å². The van der Waals surface area contributed by atoms with Crippen LogP contribution in [0.25, 0.3) is 5.57 Å². The summed E-state index contributed by atoms with van der Waals surface area (Å²) in [6, 6.07) is 9.94. The first-order chi connectivity index (χ1) is 6.77. The zero-order valence-electron chi connectivity index (χ0n) is 8.89. The minimum atomic E-state index is -0.165. The molecule has 15 heavy (non-hydrogen) atoms. The Labute approximate surface area is 97.2 Å². The van der Waals surface area contributed by atoms with Gasteiger partial charge in [0.1, 0.15) is 0 Å². The van der Waals surface area contributed by atoms with E-state index in [2.05, 4.69) is 12.1 Å². The number of aliphatic hydroxyl groups is 1. The Morgan fingerprint density at radius 2 is 2.00 bits per heavy atom. The number of benzene rings is 1. The van der Waals surface area contributed by atoms with Gasteiger partial charge in [-0.25, -0.2) is 0 Å². The van der Waals surface area contributed by atoms with E-state index in [0.717, 1.165) is 6.42 Å². The second-order valence-corrected chi connectivity index (χ2v) is 3.33. The van der Waals surface area contributed by atoms with Gasteiger partial charge in [0.25, 0.3) is 0 Å². The highest BCUT2D eigenvalue weighted by Crippen LogP contribution is 2.18. The standard InChI is InChI=1S/C12H17NO.ClH/c1-2-10(8-12(13)9-14)11-6-4-3-5-7-11;/h2-7,12,14H,8-9,13H2,1H3;1H/b10-2-;. The van der Waals surface area contributed by atoms with Gasteiger partial charge in [-0.3, -0.25) is 0 Å². The fraction of sp³-hybridized carbons (Fsp3) is 0.333. The van der Waals surface area contributed by atoms with Crippen molar-refractivity contribution in [1.82, 2.24) is 0 Å². The van der Waals surface area contributed by atoms with Gasteiger partial charge in [-0.15, -0.1) is 12.4 Å². The Hall–Kier alpha value is -0.830. The summed E-state index contributed by atoms with van der Waals surface area (Å²) in [4.78, 5) is 0. The molecule has 1 rings (SSSR count). The Balaban J connectivity index is 0.00000196. The minimum Gasteiger partial charge on any atom is -0.395 e. The molecule has 1 atom stereocenters. The summed E-state index contributed by atoms with van der Waals surface area (Å²) >= 11 is 0. The van der Waals surface area contributed by atoms with Crippen LogP contribution in [-0.2, 0) is 0 Å². The predicted octanol–water partition coefficient (Wildman–Crippen LogP) is 2.22. The molecule has 0 aromatic heterocycles. The molecule has 0 fully saturated rings. The lowest BCUT2D eigenvalue weighted by Gasteiger charge is -2.11. The molecule has 0 aliphatic rings. The summed E-state index contributed by atoms with van der Waals surface area (Å²) in [5.74, 6) is 0. The van der Waals surface area contributed by atoms with Crippen molar-refractivity contribution in [3.63, 3.8) is 0 Å². The van der Waals surface area contributed by atoms with E-state index in [0.29, 0.717) is 0 Å². The number of rotatable bonds is 4. The van der Waals surface area contributed by atoms with Crippen LogP contribution >= 0.6 is 12.4 Å². The van der Waals surface area contributed by atoms with Crippen molar-refractivity contribution in [2.45, 2.75) is 19.4 Å². The normalized spacial score (nSPS) is 13.1. The van der Waals surface area contributed by atoms with E-state index < -0.39 is 0 Å². The smallest absolute Gasteiger partial charge is 0.0585 e. The molecule has 3 heteroatoms. The largest absolute Gasteiger partial charge is 0.395 e. The van der Waals surface area contributed by atoms with Crippen molar-refractivity contribution in [3.05, 3.63) is 42.0 Å². The molecule has 0 spiro atoms. The van der Waals surface area contributed by atoms with E-state index in [1.807, 2.05) is 31.2 Å². The zero-order chi connectivity index (χ0) is 10.4. The van der Waals surface area contributed by atoms with Crippen LogP contribution in [0.5, 0.6) is 0 Å². The first kappa shape index (κ1) is 14.2. The Kier molecular flexibility index (Phi) is 7.05. The summed E-state index contributed by atoms with van der Waals surface area (Å²) < 4.78 is 0. The second kappa shape index (κ2) is 7.46. The molecule has 0 amide bonds. The van der Waals surface area contributed by atoms with Crippen molar-refractivity contribution in [1.29, 1.82) is 0 Å². The average molecular weight is 228 g/mol. The number of allylic oxidation sites excluding steroid dienone is 1. The topological polar surface area (TPSA) is 46.2 Å². The average Bonchev–Trinajstić information content (AvgIpc) is 2.26. The summed E-state index contributed by atoms with van der Waals surface area (Å²) in [5.41, 5.74) is 8.06. The van der Waals surface area contributed by atoms with Crippen molar-refractivity contribution < 1.29 is 5.11 Å². The van der Waals surface area contributed by atoms with Crippen LogP contribution in [0.2, 0.25) is 0 Å². The van der Waals surface area contributed by atoms with E-state index in [-0.39, 0.29) is 25.1 Å². The van der Waals surface area contributed by atoms with Gasteiger partial charge in [0, 0.05) is 6.04 Å². The lowest BCUT2D eigenvalue weighted by Crippen LogP contribution is -2.24. The van der Waals surface area contributed by atoms with Gasteiger partial charge < -0.3 is 10.8 Å². The van der Waals surface area contributed by atoms with Crippen LogP contribution < -0.4 is 5.73 Å². The molecule has 1 unspecified atom stereocenters. The van der Waals surface area contributed by atoms with Gasteiger partial charge in [-0.1, -0.05) is 36.4 Å². The molecule has 84 valence electrons. The first-order valence-electron chi connectivity index (χ1n) is 4.85. The highest BCUT2D eigenvalue weighted by atomic mass is 35.5. The predicted molar refractivity (Wildman–Crippen MR) is 67.0 cm³/mol. The van der Waals surface area contributed by atoms with E-state index in [4.69, 9.17) is 10.8 Å². The molecule has 0 bridgehead atoms. The maximum Gasteiger partial charge on any atom is 0.0585 e. The molecule has 3 N–H and O–H groups in total. The Morgan fingerprint density at radius 3 is 2.47 bits per heavy atom. The fourth-order valence-corrected chi connectivity index (χ4v) is 1.40. The van der Waals surface area contributed by atoms with Crippen LogP contribution in [0.1, 0.15) is 18.9 Å². The number of halogens is 1. The van der Waals surface area contributed by atoms with E-state index in [1.54, 1.807) is 0 Å². The molecule has 0 saturated carbocycles. The highest BCUT2D eigenvalue weighted by Gasteiger charge is 2.05. The molecular formula is C12H18ClNO. The van der Waals surface area contributed by atoms with Gasteiger partial charge in [0.05, 0.1) is 6.61 Å². The lowest BCUT2D eigenvalue weighted by molar-refractivity contribution is 0.267. The van der Waals surface area contributed by atoms with Crippen LogP contribution in [0.3, 0.4) is 0 Å². The number of nitrogens with two attached hydrogens (primary N) is 1. The number of hydrogen-bond donors (Lipinski definition) is 2.